The summed E-state index contributed by atoms with van der Waals surface area (Å²) in [4.78, 5) is 17.4. The van der Waals surface area contributed by atoms with Crippen LogP contribution in [0.2, 0.25) is 0 Å². The molecule has 29 heavy (non-hydrogen) atoms. The number of piperazine rings is 1. The Morgan fingerprint density at radius 1 is 0.966 bits per heavy atom. The van der Waals surface area contributed by atoms with Crippen LogP contribution in [0.1, 0.15) is 38.5 Å². The molecule has 2 heterocycles. The lowest BCUT2D eigenvalue weighted by Gasteiger charge is -2.35. The van der Waals surface area contributed by atoms with Crippen LogP contribution < -0.4 is 10.2 Å². The van der Waals surface area contributed by atoms with Crippen molar-refractivity contribution in [1.29, 1.82) is 0 Å². The van der Waals surface area contributed by atoms with E-state index in [2.05, 4.69) is 22.2 Å². The zero-order valence-electron chi connectivity index (χ0n) is 17.3. The summed E-state index contributed by atoms with van der Waals surface area (Å²) in [6, 6.07) is 5.25. The van der Waals surface area contributed by atoms with E-state index in [1.165, 1.54) is 0 Å². The second kappa shape index (κ2) is 8.62. The van der Waals surface area contributed by atoms with Gasteiger partial charge in [-0.15, -0.1) is 0 Å². The zero-order valence-corrected chi connectivity index (χ0v) is 18.1. The lowest BCUT2D eigenvalue weighted by atomic mass is 9.85. The molecule has 2 saturated heterocycles. The zero-order chi connectivity index (χ0) is 20.4. The number of carbonyl (C=O) groups is 1. The molecule has 1 amide bonds. The normalized spacial score (nSPS) is 22.3. The number of sulfonamides is 1. The molecule has 0 aromatic heterocycles. The van der Waals surface area contributed by atoms with E-state index in [0.29, 0.717) is 18.8 Å². The first-order valence-corrected chi connectivity index (χ1v) is 12.3. The minimum absolute atomic E-state index is 0.0131. The first-order valence-electron chi connectivity index (χ1n) is 10.8. The molecule has 0 atom stereocenters. The van der Waals surface area contributed by atoms with Crippen LogP contribution in [0.4, 0.5) is 11.4 Å². The predicted molar refractivity (Wildman–Crippen MR) is 115 cm³/mol. The number of piperidine rings is 1. The molecule has 3 aliphatic rings. The third-order valence-electron chi connectivity index (χ3n) is 6.50. The van der Waals surface area contributed by atoms with Gasteiger partial charge in [0.15, 0.2) is 0 Å². The summed E-state index contributed by atoms with van der Waals surface area (Å²) in [6.07, 6.45) is 5.82. The number of hydrogen-bond donors (Lipinski definition) is 1. The van der Waals surface area contributed by atoms with Crippen molar-refractivity contribution in [3.05, 3.63) is 18.2 Å². The first kappa shape index (κ1) is 20.6. The Morgan fingerprint density at radius 3 is 2.28 bits per heavy atom. The van der Waals surface area contributed by atoms with Crippen LogP contribution in [0.15, 0.2) is 23.1 Å². The van der Waals surface area contributed by atoms with E-state index in [1.54, 1.807) is 16.4 Å². The Hall–Kier alpha value is -1.64. The smallest absolute Gasteiger partial charge is 0.243 e. The molecule has 2 aliphatic heterocycles. The van der Waals surface area contributed by atoms with Crippen molar-refractivity contribution in [3.8, 4) is 0 Å². The molecule has 1 saturated carbocycles. The lowest BCUT2D eigenvalue weighted by Crippen LogP contribution is -2.45. The SMILES string of the molecule is CN1CCN(c2ccc(S(=O)(=O)N3CCCCC3)cc2NC(=O)C2CCC2)CC1. The molecule has 1 aliphatic carbocycles. The quantitative estimate of drug-likeness (QED) is 0.792. The van der Waals surface area contributed by atoms with Gasteiger partial charge < -0.3 is 15.1 Å². The number of hydrogen-bond acceptors (Lipinski definition) is 5. The molecule has 0 radical (unpaired) electrons. The Morgan fingerprint density at radius 2 is 1.66 bits per heavy atom. The molecule has 0 spiro atoms. The Balaban J connectivity index is 1.63. The molecular weight excluding hydrogens is 388 g/mol. The third-order valence-corrected chi connectivity index (χ3v) is 8.39. The van der Waals surface area contributed by atoms with Gasteiger partial charge in [0, 0.05) is 45.2 Å². The molecule has 1 N–H and O–H groups in total. The first-order chi connectivity index (χ1) is 13.9. The number of benzene rings is 1. The van der Waals surface area contributed by atoms with Crippen LogP contribution in [-0.4, -0.2) is 69.8 Å². The van der Waals surface area contributed by atoms with Crippen LogP contribution in [0.5, 0.6) is 0 Å². The highest BCUT2D eigenvalue weighted by Crippen LogP contribution is 2.34. The van der Waals surface area contributed by atoms with Gasteiger partial charge in [0.1, 0.15) is 0 Å². The summed E-state index contributed by atoms with van der Waals surface area (Å²) in [7, 11) is -1.43. The molecule has 1 aromatic carbocycles. The third kappa shape index (κ3) is 4.44. The van der Waals surface area contributed by atoms with Crippen LogP contribution >= 0.6 is 0 Å². The highest BCUT2D eigenvalue weighted by molar-refractivity contribution is 7.89. The van der Waals surface area contributed by atoms with Crippen molar-refractivity contribution in [2.45, 2.75) is 43.4 Å². The van der Waals surface area contributed by atoms with Gasteiger partial charge in [0.2, 0.25) is 15.9 Å². The van der Waals surface area contributed by atoms with Crippen molar-refractivity contribution in [1.82, 2.24) is 9.21 Å². The highest BCUT2D eigenvalue weighted by atomic mass is 32.2. The molecule has 4 rings (SSSR count). The van der Waals surface area contributed by atoms with E-state index < -0.39 is 10.0 Å². The predicted octanol–water partition coefficient (Wildman–Crippen LogP) is 2.35. The molecule has 0 unspecified atom stereocenters. The standard InChI is InChI=1S/C21H32N4O3S/c1-23-12-14-24(15-13-23)20-9-8-18(29(27,28)25-10-3-2-4-11-25)16-19(20)22-21(26)17-6-5-7-17/h8-9,16-17H,2-7,10-15H2,1H3,(H,22,26). The van der Waals surface area contributed by atoms with Gasteiger partial charge in [-0.1, -0.05) is 12.8 Å². The van der Waals surface area contributed by atoms with Crippen molar-refractivity contribution in [3.63, 3.8) is 0 Å². The van der Waals surface area contributed by atoms with E-state index >= 15 is 0 Å². The van der Waals surface area contributed by atoms with Crippen LogP contribution in [-0.2, 0) is 14.8 Å². The van der Waals surface area contributed by atoms with E-state index in [-0.39, 0.29) is 16.7 Å². The molecule has 7 nitrogen and oxygen atoms in total. The van der Waals surface area contributed by atoms with Gasteiger partial charge in [-0.25, -0.2) is 8.42 Å². The summed E-state index contributed by atoms with van der Waals surface area (Å²) in [6.45, 7) is 4.77. The van der Waals surface area contributed by atoms with Crippen molar-refractivity contribution < 1.29 is 13.2 Å². The second-order valence-electron chi connectivity index (χ2n) is 8.55. The summed E-state index contributed by atoms with van der Waals surface area (Å²) >= 11 is 0. The summed E-state index contributed by atoms with van der Waals surface area (Å²) in [5, 5.41) is 3.06. The average Bonchev–Trinajstić information content (AvgIpc) is 2.68. The number of amides is 1. The van der Waals surface area contributed by atoms with Gasteiger partial charge >= 0.3 is 0 Å². The van der Waals surface area contributed by atoms with E-state index in [0.717, 1.165) is 70.4 Å². The Bertz CT molecular complexity index is 839. The van der Waals surface area contributed by atoms with Gasteiger partial charge in [0.25, 0.3) is 0 Å². The van der Waals surface area contributed by atoms with Crippen molar-refractivity contribution >= 4 is 27.3 Å². The fourth-order valence-electron chi connectivity index (χ4n) is 4.26. The summed E-state index contributed by atoms with van der Waals surface area (Å²) < 4.78 is 27.9. The fraction of sp³-hybridized carbons (Fsp3) is 0.667. The maximum Gasteiger partial charge on any atom is 0.243 e. The maximum atomic E-state index is 13.1. The maximum absolute atomic E-state index is 13.1. The summed E-state index contributed by atoms with van der Waals surface area (Å²) in [5.74, 6) is 0.0665. The fourth-order valence-corrected chi connectivity index (χ4v) is 5.80. The minimum atomic E-state index is -3.53. The van der Waals surface area contributed by atoms with Crippen molar-refractivity contribution in [2.75, 3.05) is 56.5 Å². The number of rotatable bonds is 5. The number of nitrogens with zero attached hydrogens (tertiary/aromatic N) is 3. The molecular formula is C21H32N4O3S. The molecule has 3 fully saturated rings. The van der Waals surface area contributed by atoms with E-state index in [1.807, 2.05) is 6.07 Å². The highest BCUT2D eigenvalue weighted by Gasteiger charge is 2.30. The van der Waals surface area contributed by atoms with Crippen LogP contribution in [0, 0.1) is 5.92 Å². The Kier molecular flexibility index (Phi) is 6.13. The largest absolute Gasteiger partial charge is 0.367 e. The molecule has 1 aromatic rings. The number of carbonyl (C=O) groups excluding carboxylic acids is 1. The minimum Gasteiger partial charge on any atom is -0.367 e. The van der Waals surface area contributed by atoms with Gasteiger partial charge in [-0.2, -0.15) is 4.31 Å². The second-order valence-corrected chi connectivity index (χ2v) is 10.5. The topological polar surface area (TPSA) is 73.0 Å². The lowest BCUT2D eigenvalue weighted by molar-refractivity contribution is -0.122. The van der Waals surface area contributed by atoms with Gasteiger partial charge in [0.05, 0.1) is 16.3 Å². The molecule has 0 bridgehead atoms. The molecule has 160 valence electrons. The Labute approximate surface area is 174 Å². The number of anilines is 2. The van der Waals surface area contributed by atoms with Gasteiger partial charge in [-0.3, -0.25) is 4.79 Å². The van der Waals surface area contributed by atoms with Gasteiger partial charge in [-0.05, 0) is 50.9 Å². The summed E-state index contributed by atoms with van der Waals surface area (Å²) in [5.41, 5.74) is 1.55. The number of nitrogens with one attached hydrogen (secondary N) is 1. The average molecular weight is 421 g/mol. The monoisotopic (exact) mass is 420 g/mol. The molecule has 8 heteroatoms. The van der Waals surface area contributed by atoms with E-state index in [9.17, 15) is 13.2 Å². The van der Waals surface area contributed by atoms with Crippen molar-refractivity contribution in [2.24, 2.45) is 5.92 Å². The van der Waals surface area contributed by atoms with Crippen LogP contribution in [0.3, 0.4) is 0 Å². The number of likely N-dealkylation sites (N-methyl/N-ethyl adjacent to an activating group) is 1. The van der Waals surface area contributed by atoms with Crippen LogP contribution in [0.25, 0.3) is 0 Å². The van der Waals surface area contributed by atoms with E-state index in [4.69, 9.17) is 0 Å².